The van der Waals surface area contributed by atoms with Crippen molar-refractivity contribution in [3.63, 3.8) is 0 Å². The first-order valence-electron chi connectivity index (χ1n) is 11.8. The Morgan fingerprint density at radius 2 is 1.82 bits per heavy atom. The van der Waals surface area contributed by atoms with Gasteiger partial charge in [0.15, 0.2) is 17.0 Å². The Morgan fingerprint density at radius 1 is 0.970 bits per heavy atom. The lowest BCUT2D eigenvalue weighted by molar-refractivity contribution is 0.461. The Kier molecular flexibility index (Phi) is 6.15. The third kappa shape index (κ3) is 4.79. The molecule has 4 heterocycles. The number of aromatic nitrogens is 6. The second kappa shape index (κ2) is 9.52. The van der Waals surface area contributed by atoms with Crippen molar-refractivity contribution < 1.29 is 0 Å². The molecule has 4 aromatic rings. The van der Waals surface area contributed by atoms with E-state index in [9.17, 15) is 0 Å². The van der Waals surface area contributed by atoms with Crippen LogP contribution in [0, 0.1) is 0 Å². The molecule has 5 rings (SSSR count). The number of hydrogen-bond donors (Lipinski definition) is 2. The van der Waals surface area contributed by atoms with E-state index >= 15 is 0 Å². The van der Waals surface area contributed by atoms with E-state index in [1.165, 1.54) is 32.1 Å². The van der Waals surface area contributed by atoms with Gasteiger partial charge in [0, 0.05) is 31.0 Å². The van der Waals surface area contributed by atoms with Gasteiger partial charge in [0.05, 0.1) is 17.7 Å². The predicted molar refractivity (Wildman–Crippen MR) is 131 cm³/mol. The van der Waals surface area contributed by atoms with Crippen LogP contribution in [-0.2, 0) is 6.54 Å². The van der Waals surface area contributed by atoms with Gasteiger partial charge in [-0.1, -0.05) is 31.4 Å². The van der Waals surface area contributed by atoms with Crippen LogP contribution in [0.15, 0.2) is 49.1 Å². The molecule has 0 aliphatic heterocycles. The maximum Gasteiger partial charge on any atom is 0.227 e. The van der Waals surface area contributed by atoms with E-state index in [0.29, 0.717) is 18.5 Å². The molecule has 1 fully saturated rings. The highest BCUT2D eigenvalue weighted by Gasteiger charge is 2.18. The van der Waals surface area contributed by atoms with Crippen molar-refractivity contribution in [3.8, 4) is 11.4 Å². The minimum atomic E-state index is 0.267. The van der Waals surface area contributed by atoms with Gasteiger partial charge in [0.2, 0.25) is 5.95 Å². The van der Waals surface area contributed by atoms with Gasteiger partial charge in [0.1, 0.15) is 0 Å². The van der Waals surface area contributed by atoms with Crippen molar-refractivity contribution in [2.45, 2.75) is 64.6 Å². The van der Waals surface area contributed by atoms with Crippen LogP contribution in [0.4, 0.5) is 11.8 Å². The second-order valence-corrected chi connectivity index (χ2v) is 8.91. The zero-order chi connectivity index (χ0) is 22.6. The first-order chi connectivity index (χ1) is 16.2. The normalized spacial score (nSPS) is 14.6. The van der Waals surface area contributed by atoms with Crippen LogP contribution in [0.5, 0.6) is 0 Å². The Hall–Kier alpha value is -3.55. The molecule has 1 aliphatic carbocycles. The highest BCUT2D eigenvalue weighted by molar-refractivity contribution is 5.84. The van der Waals surface area contributed by atoms with Gasteiger partial charge in [-0.15, -0.1) is 0 Å². The Balaban J connectivity index is 1.38. The molecule has 0 aromatic carbocycles. The highest BCUT2D eigenvalue weighted by Crippen LogP contribution is 2.26. The van der Waals surface area contributed by atoms with E-state index in [2.05, 4.69) is 50.1 Å². The SMILES string of the molecule is CC(C)n1cnc2c(NCc3ccc(-c4ccccn4)nc3)nc(NC3CCCCC3)nc21. The van der Waals surface area contributed by atoms with E-state index in [-0.39, 0.29) is 6.04 Å². The van der Waals surface area contributed by atoms with Crippen LogP contribution in [0.25, 0.3) is 22.6 Å². The molecule has 8 nitrogen and oxygen atoms in total. The van der Waals surface area contributed by atoms with E-state index in [1.807, 2.05) is 36.8 Å². The monoisotopic (exact) mass is 442 g/mol. The lowest BCUT2D eigenvalue weighted by Crippen LogP contribution is -2.24. The average Bonchev–Trinajstić information content (AvgIpc) is 3.29. The maximum atomic E-state index is 4.83. The fourth-order valence-electron chi connectivity index (χ4n) is 4.29. The van der Waals surface area contributed by atoms with Crippen molar-refractivity contribution in [2.24, 2.45) is 0 Å². The number of pyridine rings is 2. The summed E-state index contributed by atoms with van der Waals surface area (Å²) < 4.78 is 2.09. The van der Waals surface area contributed by atoms with Gasteiger partial charge < -0.3 is 15.2 Å². The number of nitrogens with zero attached hydrogens (tertiary/aromatic N) is 6. The van der Waals surface area contributed by atoms with Crippen LogP contribution in [0.1, 0.15) is 57.6 Å². The fourth-order valence-corrected chi connectivity index (χ4v) is 4.29. The van der Waals surface area contributed by atoms with Gasteiger partial charge in [-0.2, -0.15) is 9.97 Å². The van der Waals surface area contributed by atoms with Gasteiger partial charge in [0.25, 0.3) is 0 Å². The maximum absolute atomic E-state index is 4.83. The molecule has 4 aromatic heterocycles. The smallest absolute Gasteiger partial charge is 0.227 e. The number of anilines is 2. The third-order valence-electron chi connectivity index (χ3n) is 6.13. The predicted octanol–water partition coefficient (Wildman–Crippen LogP) is 5.22. The van der Waals surface area contributed by atoms with Crippen LogP contribution >= 0.6 is 0 Å². The molecule has 33 heavy (non-hydrogen) atoms. The molecule has 0 saturated heterocycles. The molecule has 0 unspecified atom stereocenters. The molecule has 8 heteroatoms. The largest absolute Gasteiger partial charge is 0.364 e. The van der Waals surface area contributed by atoms with Gasteiger partial charge >= 0.3 is 0 Å². The summed E-state index contributed by atoms with van der Waals surface area (Å²) in [4.78, 5) is 23.2. The van der Waals surface area contributed by atoms with Crippen LogP contribution < -0.4 is 10.6 Å². The Morgan fingerprint density at radius 3 is 2.55 bits per heavy atom. The molecule has 170 valence electrons. The number of fused-ring (bicyclic) bond motifs is 1. The summed E-state index contributed by atoms with van der Waals surface area (Å²) in [5, 5.41) is 7.04. The minimum Gasteiger partial charge on any atom is -0.364 e. The average molecular weight is 443 g/mol. The zero-order valence-corrected chi connectivity index (χ0v) is 19.2. The van der Waals surface area contributed by atoms with E-state index < -0.39 is 0 Å². The quantitative estimate of drug-likeness (QED) is 0.405. The summed E-state index contributed by atoms with van der Waals surface area (Å²) in [6.45, 7) is 4.87. The van der Waals surface area contributed by atoms with Crippen molar-refractivity contribution in [1.82, 2.24) is 29.5 Å². The number of imidazole rings is 1. The molecule has 0 amide bonds. The molecular weight excluding hydrogens is 412 g/mol. The minimum absolute atomic E-state index is 0.267. The van der Waals surface area contributed by atoms with Crippen molar-refractivity contribution in [1.29, 1.82) is 0 Å². The lowest BCUT2D eigenvalue weighted by Gasteiger charge is -2.23. The van der Waals surface area contributed by atoms with Gasteiger partial charge in [-0.25, -0.2) is 4.98 Å². The zero-order valence-electron chi connectivity index (χ0n) is 19.2. The van der Waals surface area contributed by atoms with Crippen molar-refractivity contribution in [2.75, 3.05) is 10.6 Å². The highest BCUT2D eigenvalue weighted by atomic mass is 15.2. The molecule has 0 radical (unpaired) electrons. The summed E-state index contributed by atoms with van der Waals surface area (Å²) in [6.07, 6.45) is 11.7. The third-order valence-corrected chi connectivity index (χ3v) is 6.13. The molecule has 0 spiro atoms. The van der Waals surface area contributed by atoms with Crippen LogP contribution in [-0.4, -0.2) is 35.5 Å². The van der Waals surface area contributed by atoms with Crippen LogP contribution in [0.2, 0.25) is 0 Å². The second-order valence-electron chi connectivity index (χ2n) is 8.91. The summed E-state index contributed by atoms with van der Waals surface area (Å²) in [5.74, 6) is 1.41. The number of rotatable bonds is 7. The van der Waals surface area contributed by atoms with E-state index in [4.69, 9.17) is 9.97 Å². The standard InChI is InChI=1S/C25H30N8/c1-17(2)33-16-29-22-23(31-25(32-24(22)33)30-19-8-4-3-5-9-19)28-15-18-11-12-21(27-14-18)20-10-6-7-13-26-20/h6-7,10-14,16-17,19H,3-5,8-9,15H2,1-2H3,(H2,28,30,31,32). The molecule has 1 saturated carbocycles. The lowest BCUT2D eigenvalue weighted by atomic mass is 9.96. The first-order valence-corrected chi connectivity index (χ1v) is 11.8. The molecular formula is C25H30N8. The van der Waals surface area contributed by atoms with E-state index in [1.54, 1.807) is 6.20 Å². The summed E-state index contributed by atoms with van der Waals surface area (Å²) >= 11 is 0. The van der Waals surface area contributed by atoms with Gasteiger partial charge in [-0.3, -0.25) is 9.97 Å². The number of hydrogen-bond acceptors (Lipinski definition) is 7. The molecule has 1 aliphatic rings. The van der Waals surface area contributed by atoms with E-state index in [0.717, 1.165) is 33.9 Å². The molecule has 0 atom stereocenters. The summed E-state index contributed by atoms with van der Waals surface area (Å²) in [5.41, 5.74) is 4.43. The summed E-state index contributed by atoms with van der Waals surface area (Å²) in [6, 6.07) is 10.6. The van der Waals surface area contributed by atoms with Crippen LogP contribution in [0.3, 0.4) is 0 Å². The Labute approximate surface area is 193 Å². The Bertz CT molecular complexity index is 1190. The van der Waals surface area contributed by atoms with Crippen molar-refractivity contribution in [3.05, 3.63) is 54.6 Å². The fraction of sp³-hybridized carbons (Fsp3) is 0.400. The van der Waals surface area contributed by atoms with Crippen molar-refractivity contribution >= 4 is 22.9 Å². The first kappa shape index (κ1) is 21.3. The van der Waals surface area contributed by atoms with Gasteiger partial charge in [-0.05, 0) is 50.5 Å². The summed E-state index contributed by atoms with van der Waals surface area (Å²) in [7, 11) is 0. The topological polar surface area (TPSA) is 93.4 Å². The molecule has 2 N–H and O–H groups in total. The molecule has 0 bridgehead atoms. The number of nitrogens with one attached hydrogen (secondary N) is 2.